The molecule has 15 heavy (non-hydrogen) atoms. The Morgan fingerprint density at radius 3 is 3.00 bits per heavy atom. The van der Waals surface area contributed by atoms with Crippen LogP contribution < -0.4 is 0 Å². The molecular formula is C10H13ClN4. The van der Waals surface area contributed by atoms with Gasteiger partial charge in [0.05, 0.1) is 6.33 Å². The van der Waals surface area contributed by atoms with E-state index in [1.54, 1.807) is 6.33 Å². The second-order valence-corrected chi connectivity index (χ2v) is 3.85. The predicted molar refractivity (Wildman–Crippen MR) is 59.9 cm³/mol. The van der Waals surface area contributed by atoms with Gasteiger partial charge < -0.3 is 4.98 Å². The number of aromatic amines is 1. The van der Waals surface area contributed by atoms with Gasteiger partial charge in [-0.25, -0.2) is 15.0 Å². The largest absolute Gasteiger partial charge is 0.341 e. The summed E-state index contributed by atoms with van der Waals surface area (Å²) in [6.07, 6.45) is 5.94. The lowest BCUT2D eigenvalue weighted by Gasteiger charge is -2.00. The summed E-state index contributed by atoms with van der Waals surface area (Å²) in [5.74, 6) is 0.785. The van der Waals surface area contributed by atoms with Gasteiger partial charge in [0.15, 0.2) is 10.8 Å². The molecule has 0 amide bonds. The van der Waals surface area contributed by atoms with Gasteiger partial charge in [0.2, 0.25) is 0 Å². The van der Waals surface area contributed by atoms with Gasteiger partial charge >= 0.3 is 0 Å². The van der Waals surface area contributed by atoms with Crippen molar-refractivity contribution in [3.8, 4) is 0 Å². The highest BCUT2D eigenvalue weighted by molar-refractivity contribution is 6.33. The number of hydrogen-bond acceptors (Lipinski definition) is 3. The van der Waals surface area contributed by atoms with E-state index in [2.05, 4.69) is 26.9 Å². The number of halogens is 1. The van der Waals surface area contributed by atoms with Crippen molar-refractivity contribution in [2.45, 2.75) is 32.6 Å². The number of H-pyrrole nitrogens is 1. The van der Waals surface area contributed by atoms with Crippen molar-refractivity contribution in [1.29, 1.82) is 0 Å². The SMILES string of the molecule is CCCCCc1nc(Cl)c2[nH]cnc2n1. The van der Waals surface area contributed by atoms with E-state index in [4.69, 9.17) is 11.6 Å². The van der Waals surface area contributed by atoms with Crippen molar-refractivity contribution in [1.82, 2.24) is 19.9 Å². The van der Waals surface area contributed by atoms with Crippen molar-refractivity contribution in [3.05, 3.63) is 17.3 Å². The van der Waals surface area contributed by atoms with Gasteiger partial charge in [-0.15, -0.1) is 0 Å². The smallest absolute Gasteiger partial charge is 0.182 e. The Hall–Kier alpha value is -1.16. The summed E-state index contributed by atoms with van der Waals surface area (Å²) in [4.78, 5) is 15.5. The molecule has 0 atom stereocenters. The number of nitrogens with zero attached hydrogens (tertiary/aromatic N) is 3. The van der Waals surface area contributed by atoms with Crippen LogP contribution in [0.15, 0.2) is 6.33 Å². The Bertz CT molecular complexity index is 452. The third-order valence-corrected chi connectivity index (χ3v) is 2.57. The normalized spacial score (nSPS) is 11.1. The van der Waals surface area contributed by atoms with E-state index >= 15 is 0 Å². The maximum atomic E-state index is 5.99. The Kier molecular flexibility index (Phi) is 3.16. The molecule has 0 aliphatic rings. The molecule has 0 aliphatic heterocycles. The summed E-state index contributed by atoms with van der Waals surface area (Å²) in [5, 5.41) is 0.462. The molecule has 0 aliphatic carbocycles. The molecule has 2 heterocycles. The molecule has 0 aromatic carbocycles. The molecule has 2 aromatic rings. The highest BCUT2D eigenvalue weighted by Gasteiger charge is 2.07. The molecule has 0 saturated heterocycles. The molecule has 0 saturated carbocycles. The van der Waals surface area contributed by atoms with E-state index in [0.717, 1.165) is 24.2 Å². The number of unbranched alkanes of at least 4 members (excludes halogenated alkanes) is 2. The van der Waals surface area contributed by atoms with Gasteiger partial charge in [-0.05, 0) is 6.42 Å². The molecule has 0 unspecified atom stereocenters. The lowest BCUT2D eigenvalue weighted by atomic mass is 10.2. The average Bonchev–Trinajstić information content (AvgIpc) is 2.66. The lowest BCUT2D eigenvalue weighted by Crippen LogP contribution is -1.96. The lowest BCUT2D eigenvalue weighted by molar-refractivity contribution is 0.695. The maximum Gasteiger partial charge on any atom is 0.182 e. The number of aryl methyl sites for hydroxylation is 1. The highest BCUT2D eigenvalue weighted by Crippen LogP contribution is 2.17. The second-order valence-electron chi connectivity index (χ2n) is 3.49. The first-order valence-corrected chi connectivity index (χ1v) is 5.54. The topological polar surface area (TPSA) is 54.5 Å². The van der Waals surface area contributed by atoms with Crippen molar-refractivity contribution in [3.63, 3.8) is 0 Å². The number of imidazole rings is 1. The third kappa shape index (κ3) is 2.26. The van der Waals surface area contributed by atoms with E-state index in [1.165, 1.54) is 12.8 Å². The Morgan fingerprint density at radius 1 is 1.33 bits per heavy atom. The first kappa shape index (κ1) is 10.4. The summed E-state index contributed by atoms with van der Waals surface area (Å²) in [7, 11) is 0. The summed E-state index contributed by atoms with van der Waals surface area (Å²) in [6, 6.07) is 0. The first-order chi connectivity index (χ1) is 7.31. The minimum Gasteiger partial charge on any atom is -0.341 e. The monoisotopic (exact) mass is 224 g/mol. The van der Waals surface area contributed by atoms with E-state index in [-0.39, 0.29) is 0 Å². The predicted octanol–water partition coefficient (Wildman–Crippen LogP) is 2.74. The Balaban J connectivity index is 2.21. The third-order valence-electron chi connectivity index (χ3n) is 2.29. The molecular weight excluding hydrogens is 212 g/mol. The maximum absolute atomic E-state index is 5.99. The summed E-state index contributed by atoms with van der Waals surface area (Å²) < 4.78 is 0. The molecule has 0 spiro atoms. The van der Waals surface area contributed by atoms with Crippen LogP contribution in [-0.2, 0) is 6.42 Å². The van der Waals surface area contributed by atoms with Crippen molar-refractivity contribution in [2.75, 3.05) is 0 Å². The van der Waals surface area contributed by atoms with Gasteiger partial charge in [0.25, 0.3) is 0 Å². The second kappa shape index (κ2) is 4.57. The van der Waals surface area contributed by atoms with Crippen LogP contribution in [0.4, 0.5) is 0 Å². The Morgan fingerprint density at radius 2 is 2.20 bits per heavy atom. The standard InChI is InChI=1S/C10H13ClN4/c1-2-3-4-5-7-14-9(11)8-10(15-7)13-6-12-8/h6H,2-5H2,1H3,(H,12,13,14,15). The van der Waals surface area contributed by atoms with Gasteiger partial charge in [-0.3, -0.25) is 0 Å². The average molecular weight is 225 g/mol. The van der Waals surface area contributed by atoms with Crippen LogP contribution in [0.5, 0.6) is 0 Å². The fourth-order valence-electron chi connectivity index (χ4n) is 1.49. The minimum absolute atomic E-state index is 0.462. The summed E-state index contributed by atoms with van der Waals surface area (Å²) in [6.45, 7) is 2.17. The van der Waals surface area contributed by atoms with Crippen LogP contribution in [0.25, 0.3) is 11.2 Å². The zero-order valence-electron chi connectivity index (χ0n) is 8.63. The summed E-state index contributed by atoms with van der Waals surface area (Å²) in [5.41, 5.74) is 1.37. The van der Waals surface area contributed by atoms with Crippen LogP contribution in [0.2, 0.25) is 5.15 Å². The molecule has 2 aromatic heterocycles. The molecule has 0 fully saturated rings. The number of hydrogen-bond donors (Lipinski definition) is 1. The molecule has 0 radical (unpaired) electrons. The van der Waals surface area contributed by atoms with Crippen LogP contribution in [-0.4, -0.2) is 19.9 Å². The quantitative estimate of drug-likeness (QED) is 0.642. The van der Waals surface area contributed by atoms with Crippen LogP contribution >= 0.6 is 11.6 Å². The molecule has 80 valence electrons. The molecule has 4 nitrogen and oxygen atoms in total. The molecule has 5 heteroatoms. The van der Waals surface area contributed by atoms with Crippen LogP contribution in [0.3, 0.4) is 0 Å². The van der Waals surface area contributed by atoms with Crippen LogP contribution in [0.1, 0.15) is 32.0 Å². The Labute approximate surface area is 93.1 Å². The fourth-order valence-corrected chi connectivity index (χ4v) is 1.72. The van der Waals surface area contributed by atoms with E-state index in [1.807, 2.05) is 0 Å². The van der Waals surface area contributed by atoms with Crippen molar-refractivity contribution < 1.29 is 0 Å². The number of fused-ring (bicyclic) bond motifs is 1. The van der Waals surface area contributed by atoms with E-state index in [0.29, 0.717) is 10.8 Å². The van der Waals surface area contributed by atoms with Crippen molar-refractivity contribution in [2.24, 2.45) is 0 Å². The number of rotatable bonds is 4. The van der Waals surface area contributed by atoms with Gasteiger partial charge in [0.1, 0.15) is 11.3 Å². The minimum atomic E-state index is 0.462. The first-order valence-electron chi connectivity index (χ1n) is 5.16. The molecule has 1 N–H and O–H groups in total. The zero-order chi connectivity index (χ0) is 10.7. The number of nitrogens with one attached hydrogen (secondary N) is 1. The van der Waals surface area contributed by atoms with Gasteiger partial charge in [-0.2, -0.15) is 0 Å². The van der Waals surface area contributed by atoms with E-state index in [9.17, 15) is 0 Å². The van der Waals surface area contributed by atoms with Gasteiger partial charge in [0, 0.05) is 6.42 Å². The molecule has 2 rings (SSSR count). The van der Waals surface area contributed by atoms with Gasteiger partial charge in [-0.1, -0.05) is 31.4 Å². The fraction of sp³-hybridized carbons (Fsp3) is 0.500. The summed E-state index contributed by atoms with van der Waals surface area (Å²) >= 11 is 5.99. The number of aromatic nitrogens is 4. The van der Waals surface area contributed by atoms with Crippen molar-refractivity contribution >= 4 is 22.8 Å². The highest BCUT2D eigenvalue weighted by atomic mass is 35.5. The zero-order valence-corrected chi connectivity index (χ0v) is 9.38. The van der Waals surface area contributed by atoms with E-state index < -0.39 is 0 Å². The molecule has 0 bridgehead atoms. The van der Waals surface area contributed by atoms with Crippen LogP contribution in [0, 0.1) is 0 Å².